The smallest absolute Gasteiger partial charge is 0.282 e. The fourth-order valence-electron chi connectivity index (χ4n) is 4.45. The Morgan fingerprint density at radius 3 is 2.57 bits per heavy atom. The third kappa shape index (κ3) is 4.71. The van der Waals surface area contributed by atoms with Gasteiger partial charge in [0.2, 0.25) is 11.8 Å². The Kier molecular flexibility index (Phi) is 6.26. The third-order valence-electron chi connectivity index (χ3n) is 6.30. The second-order valence-electron chi connectivity index (χ2n) is 8.93. The Morgan fingerprint density at radius 2 is 1.92 bits per heavy atom. The van der Waals surface area contributed by atoms with E-state index in [0.717, 1.165) is 0 Å². The number of nitrogens with one attached hydrogen (secondary N) is 1. The fraction of sp³-hybridized carbons (Fsp3) is 0.280. The predicted octanol–water partition coefficient (Wildman–Crippen LogP) is 5.28. The van der Waals surface area contributed by atoms with Gasteiger partial charge in [-0.2, -0.15) is 0 Å². The molecule has 1 N–H and O–H groups in total. The van der Waals surface area contributed by atoms with Crippen LogP contribution in [0.3, 0.4) is 0 Å². The van der Waals surface area contributed by atoms with Gasteiger partial charge in [0.15, 0.2) is 0 Å². The Labute approximate surface area is 214 Å². The van der Waals surface area contributed by atoms with Gasteiger partial charge in [0, 0.05) is 34.6 Å². The minimum Gasteiger partial charge on any atom is -0.344 e. The molecule has 2 aliphatic rings. The van der Waals surface area contributed by atoms with E-state index in [1.165, 1.54) is 46.3 Å². The number of rotatable bonds is 5. The highest BCUT2D eigenvalue weighted by Crippen LogP contribution is 2.45. The van der Waals surface area contributed by atoms with E-state index in [2.05, 4.69) is 15.3 Å². The van der Waals surface area contributed by atoms with Gasteiger partial charge in [-0.1, -0.05) is 29.8 Å². The van der Waals surface area contributed by atoms with Crippen LogP contribution in [0.2, 0.25) is 5.15 Å². The van der Waals surface area contributed by atoms with Gasteiger partial charge in [0.1, 0.15) is 17.5 Å². The number of benzene rings is 1. The van der Waals surface area contributed by atoms with E-state index in [4.69, 9.17) is 11.6 Å². The van der Waals surface area contributed by atoms with Crippen LogP contribution in [0.15, 0.2) is 48.7 Å². The molecule has 7 nitrogen and oxygen atoms in total. The number of fused-ring (bicyclic) bond motifs is 3. The average Bonchev–Trinajstić information content (AvgIpc) is 2.92. The summed E-state index contributed by atoms with van der Waals surface area (Å²) >= 11 is 6.56. The molecule has 192 valence electrons. The number of pyridine rings is 2. The van der Waals surface area contributed by atoms with Crippen molar-refractivity contribution in [1.82, 2.24) is 9.97 Å². The normalized spacial score (nSPS) is 18.1. The molecule has 2 amide bonds. The summed E-state index contributed by atoms with van der Waals surface area (Å²) in [5.41, 5.74) is 1.64. The Bertz CT molecular complexity index is 1380. The van der Waals surface area contributed by atoms with Gasteiger partial charge in [-0.05, 0) is 25.1 Å². The van der Waals surface area contributed by atoms with Crippen LogP contribution in [0.5, 0.6) is 0 Å². The van der Waals surface area contributed by atoms with Crippen molar-refractivity contribution < 1.29 is 27.2 Å². The van der Waals surface area contributed by atoms with Crippen LogP contribution in [-0.4, -0.2) is 47.3 Å². The average molecular weight is 534 g/mol. The SMILES string of the molecule is CC1C(=O)N(CC(=O)Nc2ccc(C(F)F)cc2)c2cc(N3CC(F)(F)C3)nc(Cl)c2-c2cccnc21. The van der Waals surface area contributed by atoms with Gasteiger partial charge < -0.3 is 15.1 Å². The first kappa shape index (κ1) is 24.9. The maximum absolute atomic E-state index is 13.6. The summed E-state index contributed by atoms with van der Waals surface area (Å²) in [6.07, 6.45) is -1.11. The maximum Gasteiger partial charge on any atom is 0.282 e. The number of nitrogens with zero attached hydrogens (tertiary/aromatic N) is 4. The zero-order chi connectivity index (χ0) is 26.5. The largest absolute Gasteiger partial charge is 0.344 e. The number of halogens is 5. The van der Waals surface area contributed by atoms with Gasteiger partial charge >= 0.3 is 0 Å². The molecule has 1 atom stereocenters. The lowest BCUT2D eigenvalue weighted by atomic mass is 9.98. The highest BCUT2D eigenvalue weighted by atomic mass is 35.5. The molecule has 0 aliphatic carbocycles. The molecule has 1 saturated heterocycles. The van der Waals surface area contributed by atoms with Gasteiger partial charge in [-0.15, -0.1) is 0 Å². The molecule has 5 rings (SSSR count). The highest BCUT2D eigenvalue weighted by molar-refractivity contribution is 6.33. The van der Waals surface area contributed by atoms with E-state index in [0.29, 0.717) is 16.8 Å². The lowest BCUT2D eigenvalue weighted by molar-refractivity contribution is -0.122. The van der Waals surface area contributed by atoms with Crippen LogP contribution in [0.1, 0.15) is 30.5 Å². The Morgan fingerprint density at radius 1 is 1.22 bits per heavy atom. The van der Waals surface area contributed by atoms with Crippen LogP contribution in [-0.2, 0) is 9.59 Å². The molecule has 4 heterocycles. The van der Waals surface area contributed by atoms with Crippen molar-refractivity contribution >= 4 is 40.6 Å². The number of carbonyl (C=O) groups is 2. The molecule has 0 bridgehead atoms. The van der Waals surface area contributed by atoms with E-state index in [1.54, 1.807) is 19.1 Å². The summed E-state index contributed by atoms with van der Waals surface area (Å²) < 4.78 is 52.8. The van der Waals surface area contributed by atoms with Crippen LogP contribution >= 0.6 is 11.6 Å². The van der Waals surface area contributed by atoms with Crippen molar-refractivity contribution in [2.75, 3.05) is 34.8 Å². The van der Waals surface area contributed by atoms with Crippen LogP contribution in [0.25, 0.3) is 11.1 Å². The topological polar surface area (TPSA) is 78.4 Å². The molecular formula is C25H20ClF4N5O2. The molecule has 12 heteroatoms. The molecule has 1 aromatic carbocycles. The number of alkyl halides is 4. The Hall–Kier alpha value is -3.73. The number of amides is 2. The van der Waals surface area contributed by atoms with Gasteiger partial charge in [0.05, 0.1) is 30.4 Å². The summed E-state index contributed by atoms with van der Waals surface area (Å²) in [4.78, 5) is 37.8. The third-order valence-corrected chi connectivity index (χ3v) is 6.58. The zero-order valence-electron chi connectivity index (χ0n) is 19.4. The van der Waals surface area contributed by atoms with Crippen molar-refractivity contribution in [3.05, 3.63) is 65.1 Å². The second-order valence-corrected chi connectivity index (χ2v) is 9.29. The molecule has 1 fully saturated rings. The van der Waals surface area contributed by atoms with E-state index in [9.17, 15) is 27.2 Å². The first-order valence-electron chi connectivity index (χ1n) is 11.3. The number of carbonyl (C=O) groups excluding carboxylic acids is 2. The lowest BCUT2D eigenvalue weighted by Crippen LogP contribution is -2.56. The van der Waals surface area contributed by atoms with Gasteiger partial charge in [0.25, 0.3) is 12.3 Å². The van der Waals surface area contributed by atoms with E-state index >= 15 is 0 Å². The summed E-state index contributed by atoms with van der Waals surface area (Å²) in [6.45, 7) is 0.0996. The van der Waals surface area contributed by atoms with Crippen molar-refractivity contribution in [2.24, 2.45) is 0 Å². The van der Waals surface area contributed by atoms with Crippen molar-refractivity contribution in [1.29, 1.82) is 0 Å². The Balaban J connectivity index is 1.52. The number of hydrogen-bond donors (Lipinski definition) is 1. The quantitative estimate of drug-likeness (QED) is 0.357. The number of anilines is 3. The molecular weight excluding hydrogens is 514 g/mol. The van der Waals surface area contributed by atoms with Crippen molar-refractivity contribution in [2.45, 2.75) is 25.2 Å². The fourth-order valence-corrected chi connectivity index (χ4v) is 4.73. The van der Waals surface area contributed by atoms with Crippen molar-refractivity contribution in [3.8, 4) is 11.1 Å². The van der Waals surface area contributed by atoms with Crippen molar-refractivity contribution in [3.63, 3.8) is 0 Å². The first-order valence-corrected chi connectivity index (χ1v) is 11.7. The zero-order valence-corrected chi connectivity index (χ0v) is 20.1. The number of hydrogen-bond acceptors (Lipinski definition) is 5. The number of aromatic nitrogens is 2. The van der Waals surface area contributed by atoms with E-state index in [1.807, 2.05) is 0 Å². The summed E-state index contributed by atoms with van der Waals surface area (Å²) in [6, 6.07) is 9.92. The van der Waals surface area contributed by atoms with Gasteiger partial charge in [-0.25, -0.2) is 22.5 Å². The molecule has 1 unspecified atom stereocenters. The highest BCUT2D eigenvalue weighted by Gasteiger charge is 2.45. The second kappa shape index (κ2) is 9.29. The van der Waals surface area contributed by atoms with Crippen LogP contribution in [0, 0.1) is 0 Å². The molecule has 2 aromatic heterocycles. The molecule has 0 saturated carbocycles. The maximum atomic E-state index is 13.6. The minimum absolute atomic E-state index is 0.0214. The predicted molar refractivity (Wildman–Crippen MR) is 130 cm³/mol. The first-order chi connectivity index (χ1) is 17.5. The van der Waals surface area contributed by atoms with E-state index < -0.39 is 49.7 Å². The van der Waals surface area contributed by atoms with Crippen LogP contribution in [0.4, 0.5) is 34.8 Å². The molecule has 0 radical (unpaired) electrons. The molecule has 37 heavy (non-hydrogen) atoms. The molecule has 3 aromatic rings. The summed E-state index contributed by atoms with van der Waals surface area (Å²) in [5, 5.41) is 2.58. The van der Waals surface area contributed by atoms with E-state index in [-0.39, 0.29) is 27.9 Å². The lowest BCUT2D eigenvalue weighted by Gasteiger charge is -2.40. The standard InChI is InChI=1S/C25H20ClF4N5O2/c1-13-21-16(3-2-8-31-21)20-17(9-18(33-22(20)26)34-11-25(29,30)12-34)35(24(13)37)10-19(36)32-15-6-4-14(5-7-15)23(27)28/h2-9,13,23H,10-12H2,1H3,(H,32,36). The molecule has 2 aliphatic heterocycles. The summed E-state index contributed by atoms with van der Waals surface area (Å²) in [7, 11) is 0. The minimum atomic E-state index is -2.86. The van der Waals surface area contributed by atoms with Gasteiger partial charge in [-0.3, -0.25) is 14.6 Å². The monoisotopic (exact) mass is 533 g/mol. The van der Waals surface area contributed by atoms with Crippen LogP contribution < -0.4 is 15.1 Å². The summed E-state index contributed by atoms with van der Waals surface area (Å²) in [5.74, 6) is -4.52. The molecule has 0 spiro atoms.